The van der Waals surface area contributed by atoms with Crippen LogP contribution in [0.1, 0.15) is 16.4 Å². The Morgan fingerprint density at radius 1 is 1.11 bits per heavy atom. The van der Waals surface area contributed by atoms with Crippen molar-refractivity contribution < 1.29 is 35.5 Å². The normalized spacial score (nSPS) is 11.8. The number of rotatable bonds is 7. The van der Waals surface area contributed by atoms with Gasteiger partial charge in [-0.25, -0.2) is 18.4 Å². The van der Waals surface area contributed by atoms with Gasteiger partial charge in [0.1, 0.15) is 5.69 Å². The SMILES string of the molecule is COc1ncc(NC(=O)c2ncc(-c3ccccc3)o2)cc1S(=O)(=O)Nc1cc(C(F)(F)F)[nH]n1. The molecule has 3 N–H and O–H groups in total. The van der Waals surface area contributed by atoms with E-state index in [2.05, 4.69) is 20.4 Å². The highest BCUT2D eigenvalue weighted by Crippen LogP contribution is 2.31. The van der Waals surface area contributed by atoms with Crippen molar-refractivity contribution in [3.8, 4) is 17.2 Å². The van der Waals surface area contributed by atoms with Gasteiger partial charge in [-0.3, -0.25) is 14.6 Å². The van der Waals surface area contributed by atoms with Gasteiger partial charge in [0.25, 0.3) is 15.9 Å². The Morgan fingerprint density at radius 2 is 1.86 bits per heavy atom. The van der Waals surface area contributed by atoms with E-state index < -0.39 is 38.5 Å². The first-order chi connectivity index (χ1) is 16.6. The molecule has 0 unspecified atom stereocenters. The van der Waals surface area contributed by atoms with Crippen molar-refractivity contribution in [3.63, 3.8) is 0 Å². The van der Waals surface area contributed by atoms with E-state index in [4.69, 9.17) is 9.15 Å². The molecule has 3 aromatic heterocycles. The zero-order valence-corrected chi connectivity index (χ0v) is 18.4. The van der Waals surface area contributed by atoms with Crippen molar-refractivity contribution >= 4 is 27.4 Å². The number of nitrogens with one attached hydrogen (secondary N) is 3. The molecule has 0 saturated carbocycles. The highest BCUT2D eigenvalue weighted by molar-refractivity contribution is 7.92. The number of hydrogen-bond donors (Lipinski definition) is 3. The molecule has 11 nitrogen and oxygen atoms in total. The number of oxazole rings is 1. The third-order valence-electron chi connectivity index (χ3n) is 4.44. The molecule has 35 heavy (non-hydrogen) atoms. The lowest BCUT2D eigenvalue weighted by atomic mass is 10.2. The average Bonchev–Trinajstić information content (AvgIpc) is 3.49. The summed E-state index contributed by atoms with van der Waals surface area (Å²) in [6.45, 7) is 0. The summed E-state index contributed by atoms with van der Waals surface area (Å²) in [6.07, 6.45) is -2.27. The molecule has 182 valence electrons. The molecule has 4 aromatic rings. The van der Waals surface area contributed by atoms with Gasteiger partial charge in [-0.05, 0) is 6.07 Å². The van der Waals surface area contributed by atoms with E-state index in [1.165, 1.54) is 6.20 Å². The third kappa shape index (κ3) is 5.24. The molecule has 1 amide bonds. The standard InChI is InChI=1S/C20H15F3N6O5S/c1-33-18-14(35(31,32)29-16-8-15(27-28-16)20(21,22)23)7-12(9-24-18)26-17(30)19-25-10-13(34-19)11-5-3-2-4-6-11/h2-10H,1H3,(H,26,30)(H2,27,28,29). The number of nitrogens with zero attached hydrogens (tertiary/aromatic N) is 3. The van der Waals surface area contributed by atoms with Gasteiger partial charge in [0.15, 0.2) is 16.5 Å². The number of aromatic nitrogens is 4. The smallest absolute Gasteiger partial charge is 0.432 e. The van der Waals surface area contributed by atoms with Gasteiger partial charge in [-0.15, -0.1) is 0 Å². The summed E-state index contributed by atoms with van der Waals surface area (Å²) in [5.41, 5.74) is -0.632. The molecule has 0 atom stereocenters. The van der Waals surface area contributed by atoms with Crippen LogP contribution in [0.4, 0.5) is 24.7 Å². The van der Waals surface area contributed by atoms with Gasteiger partial charge < -0.3 is 14.5 Å². The monoisotopic (exact) mass is 508 g/mol. The minimum Gasteiger partial charge on any atom is -0.480 e. The van der Waals surface area contributed by atoms with Crippen LogP contribution >= 0.6 is 0 Å². The van der Waals surface area contributed by atoms with Crippen LogP contribution in [0.15, 0.2) is 64.2 Å². The number of carbonyl (C=O) groups is 1. The number of H-pyrrole nitrogens is 1. The number of pyridine rings is 1. The van der Waals surface area contributed by atoms with Crippen LogP contribution < -0.4 is 14.8 Å². The maximum absolute atomic E-state index is 12.8. The maximum Gasteiger partial charge on any atom is 0.432 e. The zero-order valence-electron chi connectivity index (χ0n) is 17.6. The molecule has 0 radical (unpaired) electrons. The summed E-state index contributed by atoms with van der Waals surface area (Å²) in [5.74, 6) is -1.73. The van der Waals surface area contributed by atoms with E-state index in [-0.39, 0.29) is 17.5 Å². The van der Waals surface area contributed by atoms with Crippen LogP contribution in [-0.4, -0.2) is 41.6 Å². The molecular weight excluding hydrogens is 493 g/mol. The number of aromatic amines is 1. The van der Waals surface area contributed by atoms with Crippen LogP contribution in [0, 0.1) is 0 Å². The second-order valence-corrected chi connectivity index (χ2v) is 8.50. The number of hydrogen-bond acceptors (Lipinski definition) is 8. The van der Waals surface area contributed by atoms with Crippen LogP contribution in [0.2, 0.25) is 0 Å². The molecule has 4 rings (SSSR count). The molecule has 0 fully saturated rings. The average molecular weight is 508 g/mol. The number of methoxy groups -OCH3 is 1. The highest BCUT2D eigenvalue weighted by Gasteiger charge is 2.34. The van der Waals surface area contributed by atoms with Gasteiger partial charge in [-0.1, -0.05) is 30.3 Å². The van der Waals surface area contributed by atoms with Gasteiger partial charge in [0.2, 0.25) is 5.88 Å². The number of halogens is 3. The Hall–Kier alpha value is -4.40. The van der Waals surface area contributed by atoms with E-state index in [0.717, 1.165) is 19.4 Å². The molecule has 0 aliphatic heterocycles. The van der Waals surface area contributed by atoms with Gasteiger partial charge in [0, 0.05) is 11.6 Å². The number of carbonyl (C=O) groups excluding carboxylic acids is 1. The summed E-state index contributed by atoms with van der Waals surface area (Å²) in [7, 11) is -3.37. The van der Waals surface area contributed by atoms with Crippen molar-refractivity contribution in [2.75, 3.05) is 17.1 Å². The van der Waals surface area contributed by atoms with Gasteiger partial charge >= 0.3 is 12.1 Å². The Morgan fingerprint density at radius 3 is 2.51 bits per heavy atom. The van der Waals surface area contributed by atoms with Crippen LogP contribution in [-0.2, 0) is 16.2 Å². The molecule has 0 aliphatic rings. The predicted molar refractivity (Wildman–Crippen MR) is 115 cm³/mol. The van der Waals surface area contributed by atoms with Gasteiger partial charge in [-0.2, -0.15) is 18.3 Å². The van der Waals surface area contributed by atoms with Crippen LogP contribution in [0.3, 0.4) is 0 Å². The third-order valence-corrected chi connectivity index (χ3v) is 5.79. The lowest BCUT2D eigenvalue weighted by Gasteiger charge is -2.11. The summed E-state index contributed by atoms with van der Waals surface area (Å²) in [5, 5.41) is 7.39. The lowest BCUT2D eigenvalue weighted by molar-refractivity contribution is -0.141. The molecule has 1 aromatic carbocycles. The number of sulfonamides is 1. The van der Waals surface area contributed by atoms with E-state index in [9.17, 15) is 26.4 Å². The van der Waals surface area contributed by atoms with Crippen molar-refractivity contribution in [3.05, 3.63) is 66.4 Å². The van der Waals surface area contributed by atoms with Crippen LogP contribution in [0.5, 0.6) is 5.88 Å². The fraction of sp³-hybridized carbons (Fsp3) is 0.100. The number of benzene rings is 1. The van der Waals surface area contributed by atoms with Crippen molar-refractivity contribution in [1.82, 2.24) is 20.2 Å². The quantitative estimate of drug-likeness (QED) is 0.343. The molecule has 0 aliphatic carbocycles. The highest BCUT2D eigenvalue weighted by atomic mass is 32.2. The largest absolute Gasteiger partial charge is 0.480 e. The summed E-state index contributed by atoms with van der Waals surface area (Å²) < 4.78 is 76.2. The number of ether oxygens (including phenoxy) is 1. The Labute approximate surface area is 195 Å². The molecule has 3 heterocycles. The topological polar surface area (TPSA) is 152 Å². The first kappa shape index (κ1) is 23.7. The molecular formula is C20H15F3N6O5S. The van der Waals surface area contributed by atoms with Gasteiger partial charge in [0.05, 0.1) is 25.2 Å². The zero-order chi connectivity index (χ0) is 25.2. The first-order valence-corrected chi connectivity index (χ1v) is 11.1. The summed E-state index contributed by atoms with van der Waals surface area (Å²) in [4.78, 5) is 19.7. The Bertz CT molecular complexity index is 1470. The van der Waals surface area contributed by atoms with E-state index in [0.29, 0.717) is 17.4 Å². The van der Waals surface area contributed by atoms with E-state index >= 15 is 0 Å². The second-order valence-electron chi connectivity index (χ2n) is 6.85. The minimum atomic E-state index is -4.75. The molecule has 15 heteroatoms. The van der Waals surface area contributed by atoms with E-state index in [1.807, 2.05) is 10.8 Å². The predicted octanol–water partition coefficient (Wildman–Crippen LogP) is 3.54. The lowest BCUT2D eigenvalue weighted by Crippen LogP contribution is -2.17. The first-order valence-electron chi connectivity index (χ1n) is 9.59. The number of amides is 1. The molecule has 0 bridgehead atoms. The van der Waals surface area contributed by atoms with Crippen molar-refractivity contribution in [1.29, 1.82) is 0 Å². The molecule has 0 spiro atoms. The fourth-order valence-electron chi connectivity index (χ4n) is 2.86. The van der Waals surface area contributed by atoms with Crippen LogP contribution in [0.25, 0.3) is 11.3 Å². The Balaban J connectivity index is 1.56. The second kappa shape index (κ2) is 9.09. The number of alkyl halides is 3. The Kier molecular flexibility index (Phi) is 6.17. The minimum absolute atomic E-state index is 0.0753. The summed E-state index contributed by atoms with van der Waals surface area (Å²) in [6, 6.07) is 10.4. The fourth-order valence-corrected chi connectivity index (χ4v) is 4.00. The number of anilines is 2. The maximum atomic E-state index is 12.8. The van der Waals surface area contributed by atoms with Crippen molar-refractivity contribution in [2.45, 2.75) is 11.1 Å². The molecule has 0 saturated heterocycles. The summed E-state index contributed by atoms with van der Waals surface area (Å²) >= 11 is 0. The van der Waals surface area contributed by atoms with E-state index in [1.54, 1.807) is 29.4 Å². The van der Waals surface area contributed by atoms with Crippen molar-refractivity contribution in [2.24, 2.45) is 0 Å².